The standard InChI is InChI=1S/C17H23N3S/c1-3-15-9-19-17(21-15)12-20-11-13(2)18-10-16(20)14-7-5-4-6-8-14/h4-9,13,16,18H,3,10-12H2,1-2H3. The average Bonchev–Trinajstić information content (AvgIpc) is 2.96. The second-order valence-electron chi connectivity index (χ2n) is 5.74. The Morgan fingerprint density at radius 2 is 2.14 bits per heavy atom. The van der Waals surface area contributed by atoms with Crippen molar-refractivity contribution < 1.29 is 0 Å². The average molecular weight is 301 g/mol. The lowest BCUT2D eigenvalue weighted by Crippen LogP contribution is -2.50. The molecule has 1 aliphatic rings. The van der Waals surface area contributed by atoms with E-state index in [1.807, 2.05) is 17.5 Å². The molecule has 1 aromatic heterocycles. The third-order valence-corrected chi connectivity index (χ3v) is 5.21. The summed E-state index contributed by atoms with van der Waals surface area (Å²) < 4.78 is 0. The number of thiazole rings is 1. The number of aryl methyl sites for hydroxylation is 1. The van der Waals surface area contributed by atoms with Gasteiger partial charge in [0.1, 0.15) is 5.01 Å². The lowest BCUT2D eigenvalue weighted by Gasteiger charge is -2.39. The zero-order chi connectivity index (χ0) is 14.7. The predicted octanol–water partition coefficient (Wildman–Crippen LogP) is 3.24. The van der Waals surface area contributed by atoms with Crippen molar-refractivity contribution in [2.75, 3.05) is 13.1 Å². The van der Waals surface area contributed by atoms with E-state index in [4.69, 9.17) is 0 Å². The summed E-state index contributed by atoms with van der Waals surface area (Å²) in [6.45, 7) is 7.48. The smallest absolute Gasteiger partial charge is 0.107 e. The number of benzene rings is 1. The Kier molecular flexibility index (Phi) is 4.68. The zero-order valence-corrected chi connectivity index (χ0v) is 13.6. The molecule has 0 aliphatic carbocycles. The maximum absolute atomic E-state index is 4.59. The van der Waals surface area contributed by atoms with Gasteiger partial charge in [0.25, 0.3) is 0 Å². The molecule has 2 atom stereocenters. The number of hydrogen-bond acceptors (Lipinski definition) is 4. The van der Waals surface area contributed by atoms with Gasteiger partial charge in [-0.3, -0.25) is 4.90 Å². The number of piperazine rings is 1. The summed E-state index contributed by atoms with van der Waals surface area (Å²) in [7, 11) is 0. The van der Waals surface area contributed by atoms with Crippen LogP contribution >= 0.6 is 11.3 Å². The fourth-order valence-electron chi connectivity index (χ4n) is 2.92. The van der Waals surface area contributed by atoms with Crippen LogP contribution in [0.3, 0.4) is 0 Å². The Bertz CT molecular complexity index is 566. The quantitative estimate of drug-likeness (QED) is 0.939. The normalized spacial score (nSPS) is 23.3. The highest BCUT2D eigenvalue weighted by atomic mass is 32.1. The third kappa shape index (κ3) is 3.51. The van der Waals surface area contributed by atoms with Gasteiger partial charge in [0, 0.05) is 36.2 Å². The first-order valence-electron chi connectivity index (χ1n) is 7.72. The molecule has 0 amide bonds. The lowest BCUT2D eigenvalue weighted by atomic mass is 10.0. The SMILES string of the molecule is CCc1cnc(CN2CC(C)NCC2c2ccccc2)s1. The number of rotatable bonds is 4. The molecule has 0 radical (unpaired) electrons. The molecule has 1 fully saturated rings. The second kappa shape index (κ2) is 6.69. The summed E-state index contributed by atoms with van der Waals surface area (Å²) >= 11 is 1.85. The first-order valence-corrected chi connectivity index (χ1v) is 8.54. The van der Waals surface area contributed by atoms with Gasteiger partial charge in [0.05, 0.1) is 6.54 Å². The highest BCUT2D eigenvalue weighted by molar-refractivity contribution is 7.11. The van der Waals surface area contributed by atoms with E-state index in [0.717, 1.165) is 26.1 Å². The van der Waals surface area contributed by atoms with Crippen molar-refractivity contribution in [1.82, 2.24) is 15.2 Å². The number of hydrogen-bond donors (Lipinski definition) is 1. The van der Waals surface area contributed by atoms with Gasteiger partial charge in [-0.15, -0.1) is 11.3 Å². The molecular formula is C17H23N3S. The summed E-state index contributed by atoms with van der Waals surface area (Å²) in [4.78, 5) is 8.53. The van der Waals surface area contributed by atoms with E-state index in [2.05, 4.69) is 59.4 Å². The van der Waals surface area contributed by atoms with Crippen LogP contribution in [0.15, 0.2) is 36.5 Å². The van der Waals surface area contributed by atoms with Crippen molar-refractivity contribution in [3.8, 4) is 0 Å². The van der Waals surface area contributed by atoms with Gasteiger partial charge < -0.3 is 5.32 Å². The molecule has 1 aromatic carbocycles. The predicted molar refractivity (Wildman–Crippen MR) is 88.5 cm³/mol. The van der Waals surface area contributed by atoms with Crippen LogP contribution in [-0.4, -0.2) is 29.0 Å². The second-order valence-corrected chi connectivity index (χ2v) is 6.94. The van der Waals surface area contributed by atoms with E-state index in [0.29, 0.717) is 12.1 Å². The van der Waals surface area contributed by atoms with Gasteiger partial charge in [-0.25, -0.2) is 4.98 Å². The molecule has 4 heteroatoms. The van der Waals surface area contributed by atoms with Crippen LogP contribution in [0.1, 0.15) is 35.3 Å². The van der Waals surface area contributed by atoms with Crippen LogP contribution in [0.5, 0.6) is 0 Å². The third-order valence-electron chi connectivity index (χ3n) is 4.08. The van der Waals surface area contributed by atoms with Crippen molar-refractivity contribution >= 4 is 11.3 Å². The molecule has 0 saturated carbocycles. The summed E-state index contributed by atoms with van der Waals surface area (Å²) in [6, 6.07) is 11.8. The zero-order valence-electron chi connectivity index (χ0n) is 12.7. The maximum atomic E-state index is 4.59. The van der Waals surface area contributed by atoms with Crippen LogP contribution < -0.4 is 5.32 Å². The Morgan fingerprint density at radius 1 is 1.33 bits per heavy atom. The van der Waals surface area contributed by atoms with Crippen molar-refractivity contribution in [3.05, 3.63) is 52.0 Å². The van der Waals surface area contributed by atoms with E-state index in [-0.39, 0.29) is 0 Å². The van der Waals surface area contributed by atoms with Crippen LogP contribution in [0.25, 0.3) is 0 Å². The topological polar surface area (TPSA) is 28.2 Å². The first kappa shape index (κ1) is 14.7. The van der Waals surface area contributed by atoms with Gasteiger partial charge in [0.2, 0.25) is 0 Å². The Labute approximate surface area is 131 Å². The van der Waals surface area contributed by atoms with Crippen LogP contribution in [0, 0.1) is 0 Å². The monoisotopic (exact) mass is 301 g/mol. The minimum Gasteiger partial charge on any atom is -0.311 e. The largest absolute Gasteiger partial charge is 0.311 e. The molecule has 1 saturated heterocycles. The maximum Gasteiger partial charge on any atom is 0.107 e. The van der Waals surface area contributed by atoms with Gasteiger partial charge in [-0.2, -0.15) is 0 Å². The minimum atomic E-state index is 0.441. The lowest BCUT2D eigenvalue weighted by molar-refractivity contribution is 0.127. The van der Waals surface area contributed by atoms with E-state index in [1.54, 1.807) is 0 Å². The van der Waals surface area contributed by atoms with E-state index in [1.165, 1.54) is 15.4 Å². The molecule has 1 N–H and O–H groups in total. The summed E-state index contributed by atoms with van der Waals surface area (Å²) in [6.07, 6.45) is 3.11. The van der Waals surface area contributed by atoms with E-state index >= 15 is 0 Å². The van der Waals surface area contributed by atoms with E-state index in [9.17, 15) is 0 Å². The molecule has 1 aliphatic heterocycles. The number of nitrogens with one attached hydrogen (secondary N) is 1. The molecule has 21 heavy (non-hydrogen) atoms. The molecule has 3 nitrogen and oxygen atoms in total. The molecule has 2 heterocycles. The Morgan fingerprint density at radius 3 is 2.86 bits per heavy atom. The summed E-state index contributed by atoms with van der Waals surface area (Å²) in [5, 5.41) is 4.84. The highest BCUT2D eigenvalue weighted by Gasteiger charge is 2.27. The van der Waals surface area contributed by atoms with Gasteiger partial charge in [-0.1, -0.05) is 37.3 Å². The number of aromatic nitrogens is 1. The van der Waals surface area contributed by atoms with Crippen LogP contribution in [0.4, 0.5) is 0 Å². The Balaban J connectivity index is 1.78. The van der Waals surface area contributed by atoms with Crippen molar-refractivity contribution in [3.63, 3.8) is 0 Å². The van der Waals surface area contributed by atoms with Crippen LogP contribution in [0.2, 0.25) is 0 Å². The minimum absolute atomic E-state index is 0.441. The van der Waals surface area contributed by atoms with Gasteiger partial charge in [-0.05, 0) is 18.9 Å². The van der Waals surface area contributed by atoms with Crippen LogP contribution in [-0.2, 0) is 13.0 Å². The molecule has 2 unspecified atom stereocenters. The first-order chi connectivity index (χ1) is 10.3. The Hall–Kier alpha value is -1.23. The number of nitrogens with zero attached hydrogens (tertiary/aromatic N) is 2. The molecule has 0 bridgehead atoms. The van der Waals surface area contributed by atoms with Crippen molar-refractivity contribution in [2.24, 2.45) is 0 Å². The molecule has 112 valence electrons. The molecule has 3 rings (SSSR count). The molecular weight excluding hydrogens is 278 g/mol. The van der Waals surface area contributed by atoms with Gasteiger partial charge >= 0.3 is 0 Å². The van der Waals surface area contributed by atoms with Gasteiger partial charge in [0.15, 0.2) is 0 Å². The molecule has 2 aromatic rings. The van der Waals surface area contributed by atoms with Crippen molar-refractivity contribution in [1.29, 1.82) is 0 Å². The fraction of sp³-hybridized carbons (Fsp3) is 0.471. The fourth-order valence-corrected chi connectivity index (χ4v) is 3.81. The summed E-state index contributed by atoms with van der Waals surface area (Å²) in [5.74, 6) is 0. The highest BCUT2D eigenvalue weighted by Crippen LogP contribution is 2.26. The van der Waals surface area contributed by atoms with E-state index < -0.39 is 0 Å². The summed E-state index contributed by atoms with van der Waals surface area (Å²) in [5.41, 5.74) is 1.39. The molecule has 0 spiro atoms. The van der Waals surface area contributed by atoms with Crippen molar-refractivity contribution in [2.45, 2.75) is 38.9 Å².